The van der Waals surface area contributed by atoms with Gasteiger partial charge in [-0.25, -0.2) is 0 Å². The molecule has 2 aromatic carbocycles. The summed E-state index contributed by atoms with van der Waals surface area (Å²) >= 11 is 0. The van der Waals surface area contributed by atoms with Crippen molar-refractivity contribution in [2.45, 2.75) is 6.10 Å². The predicted octanol–water partition coefficient (Wildman–Crippen LogP) is 3.11. The van der Waals surface area contributed by atoms with E-state index in [9.17, 15) is 5.11 Å². The summed E-state index contributed by atoms with van der Waals surface area (Å²) < 4.78 is 10.8. The van der Waals surface area contributed by atoms with Crippen molar-refractivity contribution < 1.29 is 14.3 Å². The molecule has 0 bridgehead atoms. The second-order valence-corrected chi connectivity index (χ2v) is 4.55. The van der Waals surface area contributed by atoms with Gasteiger partial charge in [-0.05, 0) is 18.2 Å². The Kier molecular flexibility index (Phi) is 3.08. The molecule has 0 aliphatic carbocycles. The molecule has 0 spiro atoms. The Hall–Kier alpha value is -2.46. The summed E-state index contributed by atoms with van der Waals surface area (Å²) in [5.74, 6) is 1.00. The van der Waals surface area contributed by atoms with Crippen LogP contribution in [0.5, 0.6) is 5.75 Å². The van der Waals surface area contributed by atoms with E-state index in [1.807, 2.05) is 30.3 Å². The fourth-order valence-corrected chi connectivity index (χ4v) is 2.27. The molecule has 3 aromatic rings. The van der Waals surface area contributed by atoms with Crippen LogP contribution < -0.4 is 10.5 Å². The quantitative estimate of drug-likeness (QED) is 0.717. The van der Waals surface area contributed by atoms with E-state index in [1.54, 1.807) is 25.3 Å². The van der Waals surface area contributed by atoms with Gasteiger partial charge in [0.25, 0.3) is 0 Å². The Morgan fingerprint density at radius 1 is 1.15 bits per heavy atom. The van der Waals surface area contributed by atoms with E-state index in [2.05, 4.69) is 0 Å². The number of hydrogen-bond donors (Lipinski definition) is 2. The Morgan fingerprint density at radius 3 is 2.70 bits per heavy atom. The van der Waals surface area contributed by atoms with Gasteiger partial charge in [-0.1, -0.05) is 30.3 Å². The number of para-hydroxylation sites is 2. The molecule has 102 valence electrons. The van der Waals surface area contributed by atoms with Crippen molar-refractivity contribution in [3.8, 4) is 5.75 Å². The third-order valence-corrected chi connectivity index (χ3v) is 3.33. The van der Waals surface area contributed by atoms with E-state index in [4.69, 9.17) is 14.9 Å². The summed E-state index contributed by atoms with van der Waals surface area (Å²) in [6, 6.07) is 14.7. The van der Waals surface area contributed by atoms with Crippen LogP contribution >= 0.6 is 0 Å². The number of hydrogen-bond acceptors (Lipinski definition) is 4. The van der Waals surface area contributed by atoms with Crippen molar-refractivity contribution in [1.29, 1.82) is 0 Å². The molecule has 0 radical (unpaired) electrons. The standard InChI is InChI=1S/C16H15NO3/c1-19-13-8-4-6-11(15(13)17)16(18)14-9-10-5-2-3-7-12(10)20-14/h2-9,16,18H,17H2,1H3. The minimum Gasteiger partial charge on any atom is -0.495 e. The lowest BCUT2D eigenvalue weighted by atomic mass is 10.0. The second-order valence-electron chi connectivity index (χ2n) is 4.55. The molecule has 1 heterocycles. The predicted molar refractivity (Wildman–Crippen MR) is 77.7 cm³/mol. The highest BCUT2D eigenvalue weighted by atomic mass is 16.5. The number of aliphatic hydroxyl groups is 1. The third kappa shape index (κ3) is 2.00. The van der Waals surface area contributed by atoms with Crippen LogP contribution in [-0.2, 0) is 0 Å². The third-order valence-electron chi connectivity index (χ3n) is 3.33. The number of nitrogens with two attached hydrogens (primary N) is 1. The van der Waals surface area contributed by atoms with Crippen LogP contribution in [0.3, 0.4) is 0 Å². The zero-order valence-corrected chi connectivity index (χ0v) is 11.0. The smallest absolute Gasteiger partial charge is 0.142 e. The molecule has 20 heavy (non-hydrogen) atoms. The number of nitrogen functional groups attached to an aromatic ring is 1. The number of methoxy groups -OCH3 is 1. The number of fused-ring (bicyclic) bond motifs is 1. The van der Waals surface area contributed by atoms with Crippen LogP contribution in [0.25, 0.3) is 11.0 Å². The maximum Gasteiger partial charge on any atom is 0.142 e. The first-order chi connectivity index (χ1) is 9.70. The lowest BCUT2D eigenvalue weighted by molar-refractivity contribution is 0.192. The number of anilines is 1. The molecular formula is C16H15NO3. The van der Waals surface area contributed by atoms with Gasteiger partial charge in [-0.3, -0.25) is 0 Å². The summed E-state index contributed by atoms with van der Waals surface area (Å²) in [6.45, 7) is 0. The summed E-state index contributed by atoms with van der Waals surface area (Å²) in [7, 11) is 1.54. The van der Waals surface area contributed by atoms with Crippen molar-refractivity contribution in [3.05, 3.63) is 59.9 Å². The fraction of sp³-hybridized carbons (Fsp3) is 0.125. The lowest BCUT2D eigenvalue weighted by Gasteiger charge is -2.13. The summed E-state index contributed by atoms with van der Waals surface area (Å²) in [4.78, 5) is 0. The SMILES string of the molecule is COc1cccc(C(O)c2cc3ccccc3o2)c1N. The molecule has 0 fully saturated rings. The molecule has 3 rings (SSSR count). The van der Waals surface area contributed by atoms with E-state index >= 15 is 0 Å². The van der Waals surface area contributed by atoms with Crippen molar-refractivity contribution >= 4 is 16.7 Å². The summed E-state index contributed by atoms with van der Waals surface area (Å²) in [6.07, 6.45) is -0.919. The molecule has 4 heteroatoms. The van der Waals surface area contributed by atoms with Crippen LogP contribution in [0.4, 0.5) is 5.69 Å². The second kappa shape index (κ2) is 4.90. The zero-order valence-electron chi connectivity index (χ0n) is 11.0. The van der Waals surface area contributed by atoms with Crippen molar-refractivity contribution in [3.63, 3.8) is 0 Å². The van der Waals surface area contributed by atoms with Gasteiger partial charge in [0.15, 0.2) is 0 Å². The van der Waals surface area contributed by atoms with Gasteiger partial charge in [-0.2, -0.15) is 0 Å². The molecule has 1 atom stereocenters. The van der Waals surface area contributed by atoms with Crippen LogP contribution in [0, 0.1) is 0 Å². The highest BCUT2D eigenvalue weighted by Crippen LogP contribution is 2.34. The number of ether oxygens (including phenoxy) is 1. The molecule has 0 saturated carbocycles. The number of furan rings is 1. The Balaban J connectivity index is 2.05. The fourth-order valence-electron chi connectivity index (χ4n) is 2.27. The Morgan fingerprint density at radius 2 is 1.95 bits per heavy atom. The van der Waals surface area contributed by atoms with E-state index in [1.165, 1.54) is 0 Å². The van der Waals surface area contributed by atoms with Gasteiger partial charge in [0.2, 0.25) is 0 Å². The van der Waals surface area contributed by atoms with Gasteiger partial charge < -0.3 is 20.0 Å². The van der Waals surface area contributed by atoms with E-state index in [0.29, 0.717) is 22.8 Å². The van der Waals surface area contributed by atoms with E-state index in [-0.39, 0.29) is 0 Å². The molecule has 4 nitrogen and oxygen atoms in total. The number of aliphatic hydroxyl groups excluding tert-OH is 1. The van der Waals surface area contributed by atoms with Gasteiger partial charge in [0.1, 0.15) is 23.2 Å². The normalized spacial score (nSPS) is 12.5. The monoisotopic (exact) mass is 269 g/mol. The first-order valence-corrected chi connectivity index (χ1v) is 6.29. The topological polar surface area (TPSA) is 68.6 Å². The van der Waals surface area contributed by atoms with Crippen molar-refractivity contribution in [2.75, 3.05) is 12.8 Å². The van der Waals surface area contributed by atoms with Gasteiger partial charge >= 0.3 is 0 Å². The molecule has 0 amide bonds. The Labute approximate surface area is 116 Å². The minimum atomic E-state index is -0.919. The highest BCUT2D eigenvalue weighted by molar-refractivity contribution is 5.78. The largest absolute Gasteiger partial charge is 0.495 e. The lowest BCUT2D eigenvalue weighted by Crippen LogP contribution is -2.04. The molecule has 1 unspecified atom stereocenters. The number of benzene rings is 2. The van der Waals surface area contributed by atoms with Crippen molar-refractivity contribution in [2.24, 2.45) is 0 Å². The maximum atomic E-state index is 10.5. The van der Waals surface area contributed by atoms with Crippen molar-refractivity contribution in [1.82, 2.24) is 0 Å². The van der Waals surface area contributed by atoms with Gasteiger partial charge in [-0.15, -0.1) is 0 Å². The average molecular weight is 269 g/mol. The van der Waals surface area contributed by atoms with Crippen LogP contribution in [-0.4, -0.2) is 12.2 Å². The molecule has 3 N–H and O–H groups in total. The zero-order chi connectivity index (χ0) is 14.1. The van der Waals surface area contributed by atoms with E-state index < -0.39 is 6.10 Å². The summed E-state index contributed by atoms with van der Waals surface area (Å²) in [5.41, 5.74) is 7.73. The molecule has 0 aliphatic heterocycles. The Bertz CT molecular complexity index is 715. The van der Waals surface area contributed by atoms with Crippen LogP contribution in [0.1, 0.15) is 17.4 Å². The molecule has 1 aromatic heterocycles. The average Bonchev–Trinajstić information content (AvgIpc) is 2.90. The highest BCUT2D eigenvalue weighted by Gasteiger charge is 2.19. The van der Waals surface area contributed by atoms with Gasteiger partial charge in [0, 0.05) is 10.9 Å². The summed E-state index contributed by atoms with van der Waals surface area (Å²) in [5, 5.41) is 11.4. The van der Waals surface area contributed by atoms with E-state index in [0.717, 1.165) is 11.0 Å². The molecular weight excluding hydrogens is 254 g/mol. The van der Waals surface area contributed by atoms with Gasteiger partial charge in [0.05, 0.1) is 12.8 Å². The maximum absolute atomic E-state index is 10.5. The van der Waals surface area contributed by atoms with Crippen LogP contribution in [0.15, 0.2) is 52.9 Å². The van der Waals surface area contributed by atoms with Crippen LogP contribution in [0.2, 0.25) is 0 Å². The minimum absolute atomic E-state index is 0.419. The first kappa shape index (κ1) is 12.6. The first-order valence-electron chi connectivity index (χ1n) is 6.29. The molecule has 0 saturated heterocycles. The number of rotatable bonds is 3. The molecule has 0 aliphatic rings.